The van der Waals surface area contributed by atoms with Crippen molar-refractivity contribution in [2.75, 3.05) is 0 Å². The highest BCUT2D eigenvalue weighted by molar-refractivity contribution is 7.78. The van der Waals surface area contributed by atoms with Gasteiger partial charge in [0.05, 0.1) is 7.85 Å². The van der Waals surface area contributed by atoms with E-state index >= 15 is 0 Å². The Morgan fingerprint density at radius 3 is 0.857 bits per heavy atom. The van der Waals surface area contributed by atoms with Crippen LogP contribution >= 0.6 is 15.8 Å². The molecular weight excluding hydrogens is 289 g/mol. The summed E-state index contributed by atoms with van der Waals surface area (Å²) < 4.78 is 0. The van der Waals surface area contributed by atoms with Crippen molar-refractivity contribution >= 4 is 23.7 Å². The molecule has 0 aromatic rings. The van der Waals surface area contributed by atoms with Crippen LogP contribution in [-0.2, 0) is 0 Å². The third-order valence-corrected chi connectivity index (χ3v) is 12.5. The lowest BCUT2D eigenvalue weighted by Crippen LogP contribution is -2.37. The lowest BCUT2D eigenvalue weighted by Gasteiger charge is -2.55. The molecule has 0 rings (SSSR count). The Morgan fingerprint density at radius 2 is 0.762 bits per heavy atom. The summed E-state index contributed by atoms with van der Waals surface area (Å²) in [5.74, 6) is 0. The minimum absolute atomic E-state index is 0.170. The van der Waals surface area contributed by atoms with E-state index < -0.39 is 0 Å². The summed E-state index contributed by atoms with van der Waals surface area (Å²) in [5, 5.41) is 2.03. The fourth-order valence-electron chi connectivity index (χ4n) is 4.13. The molecular formula is C18H39BP2. The number of hydrogen-bond acceptors (Lipinski definition) is 0. The van der Waals surface area contributed by atoms with E-state index in [0.29, 0.717) is 26.0 Å². The van der Waals surface area contributed by atoms with Crippen LogP contribution in [0.15, 0.2) is 0 Å². The third-order valence-electron chi connectivity index (χ3n) is 3.70. The second kappa shape index (κ2) is 6.81. The fraction of sp³-hybridized carbons (Fsp3) is 1.00. The van der Waals surface area contributed by atoms with Crippen LogP contribution in [0, 0.1) is 0 Å². The maximum absolute atomic E-state index is 6.39. The van der Waals surface area contributed by atoms with E-state index in [1.807, 2.05) is 0 Å². The van der Waals surface area contributed by atoms with Crippen molar-refractivity contribution in [3.05, 3.63) is 0 Å². The molecule has 0 bridgehead atoms. The van der Waals surface area contributed by atoms with Gasteiger partial charge in [-0.25, -0.2) is 0 Å². The van der Waals surface area contributed by atoms with Crippen molar-refractivity contribution < 1.29 is 0 Å². The van der Waals surface area contributed by atoms with Gasteiger partial charge in [0, 0.05) is 0 Å². The number of hydrogen-bond donors (Lipinski definition) is 0. The van der Waals surface area contributed by atoms with Crippen molar-refractivity contribution in [3.63, 3.8) is 0 Å². The second-order valence-electron chi connectivity index (χ2n) is 10.1. The van der Waals surface area contributed by atoms with Gasteiger partial charge in [0.1, 0.15) is 0 Å². The summed E-state index contributed by atoms with van der Waals surface area (Å²) >= 11 is 0. The highest BCUT2D eigenvalue weighted by Crippen LogP contribution is 2.77. The zero-order chi connectivity index (χ0) is 17.4. The second-order valence-corrected chi connectivity index (χ2v) is 18.6. The summed E-state index contributed by atoms with van der Waals surface area (Å²) in [6.45, 7) is 29.1. The van der Waals surface area contributed by atoms with Gasteiger partial charge < -0.3 is 0 Å². The van der Waals surface area contributed by atoms with Crippen LogP contribution in [0.1, 0.15) is 83.1 Å². The van der Waals surface area contributed by atoms with E-state index in [9.17, 15) is 0 Å². The molecule has 0 spiro atoms. The highest BCUT2D eigenvalue weighted by Gasteiger charge is 2.48. The van der Waals surface area contributed by atoms with Crippen molar-refractivity contribution in [2.45, 2.75) is 115 Å². The minimum atomic E-state index is -0.170. The van der Waals surface area contributed by atoms with Gasteiger partial charge in [-0.15, -0.1) is 0 Å². The van der Waals surface area contributed by atoms with E-state index in [1.54, 1.807) is 0 Å². The van der Waals surface area contributed by atoms with Crippen LogP contribution in [0.4, 0.5) is 0 Å². The standard InChI is InChI=1S/C18H39BP2/c1-15(2,3)20(16(4,5)6)14(13-19)21(17(7,8)9)18(10,11)12/h14H,13H2,1-12H3. The molecule has 2 radical (unpaired) electrons. The Bertz CT molecular complexity index is 263. The molecule has 0 fully saturated rings. The Morgan fingerprint density at radius 1 is 0.571 bits per heavy atom. The molecule has 0 N–H and O–H groups in total. The molecule has 0 aromatic carbocycles. The molecule has 0 saturated carbocycles. The van der Waals surface area contributed by atoms with E-state index in [2.05, 4.69) is 83.1 Å². The van der Waals surface area contributed by atoms with Crippen molar-refractivity contribution in [1.82, 2.24) is 0 Å². The van der Waals surface area contributed by atoms with Gasteiger partial charge in [-0.05, 0) is 26.0 Å². The number of rotatable bonds is 3. The minimum Gasteiger partial charge on any atom is -0.0887 e. The lowest BCUT2D eigenvalue weighted by atomic mass is 10.1. The molecule has 0 nitrogen and oxygen atoms in total. The molecule has 0 unspecified atom stereocenters. The van der Waals surface area contributed by atoms with Gasteiger partial charge in [-0.1, -0.05) is 105 Å². The smallest absolute Gasteiger partial charge is 0.0666 e. The van der Waals surface area contributed by atoms with Gasteiger partial charge >= 0.3 is 0 Å². The normalized spacial score (nSPS) is 15.4. The first-order valence-electron chi connectivity index (χ1n) is 8.23. The molecule has 0 aliphatic rings. The quantitative estimate of drug-likeness (QED) is 0.384. The molecule has 0 aliphatic carbocycles. The summed E-state index contributed by atoms with van der Waals surface area (Å²) in [5.41, 5.74) is 0. The van der Waals surface area contributed by atoms with Gasteiger partial charge in [-0.3, -0.25) is 0 Å². The summed E-state index contributed by atoms with van der Waals surface area (Å²) in [6, 6.07) is 0. The molecule has 0 heterocycles. The SMILES string of the molecule is [B]CC(P(C(C)(C)C)C(C)(C)C)P(C(C)(C)C)C(C)(C)C. The van der Waals surface area contributed by atoms with E-state index in [-0.39, 0.29) is 15.8 Å². The first-order chi connectivity index (χ1) is 8.94. The van der Waals surface area contributed by atoms with Crippen molar-refractivity contribution in [2.24, 2.45) is 0 Å². The topological polar surface area (TPSA) is 0 Å². The zero-order valence-electron chi connectivity index (χ0n) is 16.8. The van der Waals surface area contributed by atoms with Crippen molar-refractivity contribution in [3.8, 4) is 0 Å². The monoisotopic (exact) mass is 328 g/mol. The van der Waals surface area contributed by atoms with Crippen LogP contribution in [0.3, 0.4) is 0 Å². The first-order valence-corrected chi connectivity index (χ1v) is 11.0. The van der Waals surface area contributed by atoms with Crippen LogP contribution in [0.2, 0.25) is 6.32 Å². The Labute approximate surface area is 139 Å². The third kappa shape index (κ3) is 6.14. The molecule has 21 heavy (non-hydrogen) atoms. The van der Waals surface area contributed by atoms with Gasteiger partial charge in [0.2, 0.25) is 0 Å². The highest BCUT2D eigenvalue weighted by atomic mass is 31.2. The van der Waals surface area contributed by atoms with Crippen molar-refractivity contribution in [1.29, 1.82) is 0 Å². The predicted octanol–water partition coefficient (Wildman–Crippen LogP) is 7.06. The van der Waals surface area contributed by atoms with Gasteiger partial charge in [0.15, 0.2) is 0 Å². The average molecular weight is 328 g/mol. The molecule has 0 amide bonds. The molecule has 0 aromatic heterocycles. The Kier molecular flexibility index (Phi) is 7.11. The van der Waals surface area contributed by atoms with Crippen LogP contribution < -0.4 is 0 Å². The predicted molar refractivity (Wildman–Crippen MR) is 107 cm³/mol. The zero-order valence-corrected chi connectivity index (χ0v) is 18.5. The largest absolute Gasteiger partial charge is 0.0887 e. The van der Waals surface area contributed by atoms with Crippen LogP contribution in [-0.4, -0.2) is 33.9 Å². The average Bonchev–Trinajstić information content (AvgIpc) is 2.06. The fourth-order valence-corrected chi connectivity index (χ4v) is 17.2. The van der Waals surface area contributed by atoms with E-state index in [0.717, 1.165) is 6.32 Å². The van der Waals surface area contributed by atoms with E-state index in [1.165, 1.54) is 0 Å². The van der Waals surface area contributed by atoms with E-state index in [4.69, 9.17) is 7.85 Å². The van der Waals surface area contributed by atoms with Gasteiger partial charge in [0.25, 0.3) is 0 Å². The summed E-state index contributed by atoms with van der Waals surface area (Å²) in [4.78, 5) is 0. The van der Waals surface area contributed by atoms with Crippen LogP contribution in [0.25, 0.3) is 0 Å². The molecule has 3 heteroatoms. The molecule has 124 valence electrons. The van der Waals surface area contributed by atoms with Crippen LogP contribution in [0.5, 0.6) is 0 Å². The maximum atomic E-state index is 6.39. The molecule has 0 aliphatic heterocycles. The first kappa shape index (κ1) is 21.9. The lowest BCUT2D eigenvalue weighted by molar-refractivity contribution is 0.681. The Balaban J connectivity index is 6.04. The molecule has 0 saturated heterocycles. The summed E-state index contributed by atoms with van der Waals surface area (Å²) in [7, 11) is 6.05. The maximum Gasteiger partial charge on any atom is 0.0666 e. The molecule has 0 atom stereocenters. The Hall–Kier alpha value is 0.925. The van der Waals surface area contributed by atoms with Gasteiger partial charge in [-0.2, -0.15) is 0 Å². The summed E-state index contributed by atoms with van der Waals surface area (Å²) in [6.07, 6.45) is 0.834.